The number of carbonyl (C=O) groups is 1. The number of aromatic nitrogens is 3. The lowest BCUT2D eigenvalue weighted by molar-refractivity contribution is 0.0796. The fourth-order valence-corrected chi connectivity index (χ4v) is 2.50. The molecule has 1 N–H and O–H groups in total. The Labute approximate surface area is 153 Å². The number of hydrogen-bond donors (Lipinski definition) is 1. The lowest BCUT2D eigenvalue weighted by Crippen LogP contribution is -2.29. The predicted molar refractivity (Wildman–Crippen MR) is 101 cm³/mol. The molecule has 132 valence electrons. The second-order valence-electron chi connectivity index (χ2n) is 6.07. The number of benzene rings is 1. The van der Waals surface area contributed by atoms with Gasteiger partial charge in [-0.2, -0.15) is 0 Å². The number of likely N-dealkylation sites (N-methyl/N-ethyl adjacent to an activating group) is 1. The molecule has 6 nitrogen and oxygen atoms in total. The summed E-state index contributed by atoms with van der Waals surface area (Å²) in [5, 5.41) is 3.16. The maximum Gasteiger partial charge on any atom is 0.256 e. The van der Waals surface area contributed by atoms with Crippen LogP contribution in [-0.2, 0) is 6.42 Å². The molecule has 2 heterocycles. The minimum atomic E-state index is -0.0958. The Kier molecular flexibility index (Phi) is 5.53. The van der Waals surface area contributed by atoms with Gasteiger partial charge in [-0.15, -0.1) is 0 Å². The third kappa shape index (κ3) is 4.42. The van der Waals surface area contributed by atoms with Gasteiger partial charge in [-0.3, -0.25) is 9.78 Å². The number of pyridine rings is 1. The molecule has 6 heteroatoms. The topological polar surface area (TPSA) is 71.0 Å². The highest BCUT2D eigenvalue weighted by Gasteiger charge is 2.13. The van der Waals surface area contributed by atoms with E-state index in [0.29, 0.717) is 18.1 Å². The van der Waals surface area contributed by atoms with Gasteiger partial charge in [0, 0.05) is 44.1 Å². The van der Waals surface area contributed by atoms with E-state index < -0.39 is 0 Å². The van der Waals surface area contributed by atoms with Crippen molar-refractivity contribution in [3.63, 3.8) is 0 Å². The number of aryl methyl sites for hydroxylation is 1. The van der Waals surface area contributed by atoms with E-state index in [9.17, 15) is 4.79 Å². The summed E-state index contributed by atoms with van der Waals surface area (Å²) < 4.78 is 0. The van der Waals surface area contributed by atoms with E-state index in [1.165, 1.54) is 0 Å². The Balaban J connectivity index is 1.60. The molecule has 0 unspecified atom stereocenters. The Morgan fingerprint density at radius 2 is 1.77 bits per heavy atom. The normalized spacial score (nSPS) is 10.4. The van der Waals surface area contributed by atoms with Crippen LogP contribution in [0.3, 0.4) is 0 Å². The summed E-state index contributed by atoms with van der Waals surface area (Å²) in [6, 6.07) is 11.8. The number of rotatable bonds is 6. The van der Waals surface area contributed by atoms with Crippen LogP contribution in [-0.4, -0.2) is 39.4 Å². The Hall–Kier alpha value is -3.28. The summed E-state index contributed by atoms with van der Waals surface area (Å²) in [7, 11) is 1.78. The summed E-state index contributed by atoms with van der Waals surface area (Å²) in [5.41, 5.74) is 3.67. The third-order valence-electron chi connectivity index (χ3n) is 4.12. The first-order valence-electron chi connectivity index (χ1n) is 8.42. The van der Waals surface area contributed by atoms with Crippen LogP contribution in [0.1, 0.15) is 21.5 Å². The molecule has 3 aromatic rings. The van der Waals surface area contributed by atoms with E-state index in [0.717, 1.165) is 23.2 Å². The van der Waals surface area contributed by atoms with Crippen LogP contribution in [0.2, 0.25) is 0 Å². The molecule has 1 aromatic carbocycles. The summed E-state index contributed by atoms with van der Waals surface area (Å²) >= 11 is 0. The van der Waals surface area contributed by atoms with Crippen molar-refractivity contribution in [2.45, 2.75) is 13.3 Å². The van der Waals surface area contributed by atoms with E-state index in [4.69, 9.17) is 0 Å². The first-order valence-corrected chi connectivity index (χ1v) is 8.42. The first kappa shape index (κ1) is 17.5. The predicted octanol–water partition coefficient (Wildman–Crippen LogP) is 3.24. The van der Waals surface area contributed by atoms with Gasteiger partial charge in [0.1, 0.15) is 0 Å². The van der Waals surface area contributed by atoms with E-state index in [1.54, 1.807) is 36.7 Å². The largest absolute Gasteiger partial charge is 0.341 e. The van der Waals surface area contributed by atoms with Crippen molar-refractivity contribution in [1.29, 1.82) is 0 Å². The zero-order chi connectivity index (χ0) is 18.4. The number of para-hydroxylation sites is 1. The number of carbonyl (C=O) groups excluding carboxylic acids is 1. The van der Waals surface area contributed by atoms with Gasteiger partial charge in [-0.25, -0.2) is 9.97 Å². The Morgan fingerprint density at radius 1 is 1.08 bits per heavy atom. The molecule has 0 aliphatic rings. The summed E-state index contributed by atoms with van der Waals surface area (Å²) in [6.07, 6.45) is 7.40. The summed E-state index contributed by atoms with van der Waals surface area (Å²) in [5.74, 6) is 0.372. The van der Waals surface area contributed by atoms with Crippen molar-refractivity contribution < 1.29 is 4.79 Å². The van der Waals surface area contributed by atoms with Gasteiger partial charge in [0.05, 0.1) is 5.56 Å². The van der Waals surface area contributed by atoms with Crippen molar-refractivity contribution in [3.8, 4) is 0 Å². The molecule has 0 aliphatic carbocycles. The van der Waals surface area contributed by atoms with Crippen LogP contribution in [0.5, 0.6) is 0 Å². The van der Waals surface area contributed by atoms with Crippen LogP contribution in [0, 0.1) is 6.92 Å². The Morgan fingerprint density at radius 3 is 2.46 bits per heavy atom. The molecule has 0 spiro atoms. The molecule has 0 bridgehead atoms. The minimum Gasteiger partial charge on any atom is -0.341 e. The van der Waals surface area contributed by atoms with Gasteiger partial charge in [0.25, 0.3) is 5.91 Å². The maximum atomic E-state index is 12.5. The number of anilines is 2. The minimum absolute atomic E-state index is 0.0958. The van der Waals surface area contributed by atoms with E-state index in [1.807, 2.05) is 43.3 Å². The number of amides is 1. The molecule has 0 saturated heterocycles. The van der Waals surface area contributed by atoms with E-state index in [2.05, 4.69) is 20.3 Å². The third-order valence-corrected chi connectivity index (χ3v) is 4.12. The molecule has 3 rings (SSSR count). The second-order valence-corrected chi connectivity index (χ2v) is 6.07. The molecule has 1 amide bonds. The summed E-state index contributed by atoms with van der Waals surface area (Å²) in [4.78, 5) is 26.7. The van der Waals surface area contributed by atoms with Crippen LogP contribution in [0.4, 0.5) is 11.6 Å². The van der Waals surface area contributed by atoms with Crippen LogP contribution < -0.4 is 5.32 Å². The van der Waals surface area contributed by atoms with Gasteiger partial charge in [0.2, 0.25) is 5.95 Å². The molecule has 26 heavy (non-hydrogen) atoms. The van der Waals surface area contributed by atoms with E-state index in [-0.39, 0.29) is 5.91 Å². The summed E-state index contributed by atoms with van der Waals surface area (Å²) in [6.45, 7) is 2.63. The lowest BCUT2D eigenvalue weighted by atomic mass is 10.2. The fourth-order valence-electron chi connectivity index (χ4n) is 2.50. The van der Waals surface area contributed by atoms with Crippen LogP contribution in [0.25, 0.3) is 0 Å². The van der Waals surface area contributed by atoms with Crippen molar-refractivity contribution in [3.05, 3.63) is 77.9 Å². The molecule has 0 radical (unpaired) electrons. The molecule has 0 saturated carbocycles. The number of hydrogen-bond acceptors (Lipinski definition) is 5. The van der Waals surface area contributed by atoms with Crippen LogP contribution >= 0.6 is 0 Å². The van der Waals surface area contributed by atoms with Gasteiger partial charge in [-0.1, -0.05) is 18.2 Å². The zero-order valence-corrected chi connectivity index (χ0v) is 14.9. The van der Waals surface area contributed by atoms with Gasteiger partial charge >= 0.3 is 0 Å². The molecular formula is C20H21N5O. The Bertz CT molecular complexity index is 865. The molecule has 0 atom stereocenters. The highest BCUT2D eigenvalue weighted by Crippen LogP contribution is 2.17. The number of nitrogens with one attached hydrogen (secondary N) is 1. The first-order chi connectivity index (χ1) is 12.6. The standard InChI is InChI=1S/C20H21N5O/c1-15-5-3-4-6-18(15)24-20-22-13-17(14-23-20)19(26)25(2)12-9-16-7-10-21-11-8-16/h3-8,10-11,13-14H,9,12H2,1-2H3,(H,22,23,24). The highest BCUT2D eigenvalue weighted by molar-refractivity contribution is 5.93. The lowest BCUT2D eigenvalue weighted by Gasteiger charge is -2.17. The van der Waals surface area contributed by atoms with Gasteiger partial charge < -0.3 is 10.2 Å². The monoisotopic (exact) mass is 347 g/mol. The molecule has 2 aromatic heterocycles. The molecular weight excluding hydrogens is 326 g/mol. The zero-order valence-electron chi connectivity index (χ0n) is 14.9. The average molecular weight is 347 g/mol. The molecule has 0 aliphatic heterocycles. The van der Waals surface area contributed by atoms with Crippen molar-refractivity contribution in [1.82, 2.24) is 19.9 Å². The van der Waals surface area contributed by atoms with Crippen molar-refractivity contribution >= 4 is 17.5 Å². The smallest absolute Gasteiger partial charge is 0.256 e. The van der Waals surface area contributed by atoms with Crippen molar-refractivity contribution in [2.75, 3.05) is 18.9 Å². The molecule has 0 fully saturated rings. The van der Waals surface area contributed by atoms with Crippen LogP contribution in [0.15, 0.2) is 61.2 Å². The fraction of sp³-hybridized carbons (Fsp3) is 0.200. The van der Waals surface area contributed by atoms with Crippen molar-refractivity contribution in [2.24, 2.45) is 0 Å². The average Bonchev–Trinajstić information content (AvgIpc) is 2.69. The second kappa shape index (κ2) is 8.20. The van der Waals surface area contributed by atoms with E-state index >= 15 is 0 Å². The number of nitrogens with zero attached hydrogens (tertiary/aromatic N) is 4. The maximum absolute atomic E-state index is 12.5. The van der Waals surface area contributed by atoms with Gasteiger partial charge in [0.15, 0.2) is 0 Å². The SMILES string of the molecule is Cc1ccccc1Nc1ncc(C(=O)N(C)CCc2ccncc2)cn1. The quantitative estimate of drug-likeness (QED) is 0.741. The highest BCUT2D eigenvalue weighted by atomic mass is 16.2. The van der Waals surface area contributed by atoms with Gasteiger partial charge in [-0.05, 0) is 42.7 Å².